The van der Waals surface area contributed by atoms with Crippen LogP contribution >= 0.6 is 0 Å². The van der Waals surface area contributed by atoms with E-state index < -0.39 is 23.7 Å². The maximum atomic E-state index is 13.2. The van der Waals surface area contributed by atoms with Crippen molar-refractivity contribution in [3.05, 3.63) is 0 Å². The fourth-order valence-corrected chi connectivity index (χ4v) is 3.11. The molecule has 156 valence electrons. The lowest BCUT2D eigenvalue weighted by molar-refractivity contribution is -0.163. The lowest BCUT2D eigenvalue weighted by Gasteiger charge is -2.31. The SMILES string of the molecule is CC(C)C[C@H](NC(=O)[C@@H](N)C(C)C)C(=O)N1CCC[C@H]1C(=O)OC(C)(C)C. The Bertz CT molecular complexity index is 540. The van der Waals surface area contributed by atoms with Gasteiger partial charge in [0.25, 0.3) is 0 Å². The van der Waals surface area contributed by atoms with Crippen LogP contribution in [0.15, 0.2) is 0 Å². The molecule has 1 rings (SSSR count). The molecule has 1 saturated heterocycles. The average Bonchev–Trinajstić information content (AvgIpc) is 3.00. The van der Waals surface area contributed by atoms with E-state index in [0.717, 1.165) is 6.42 Å². The Morgan fingerprint density at radius 2 is 1.78 bits per heavy atom. The molecule has 1 aliphatic rings. The van der Waals surface area contributed by atoms with E-state index in [1.54, 1.807) is 25.7 Å². The van der Waals surface area contributed by atoms with Gasteiger partial charge in [0.05, 0.1) is 6.04 Å². The van der Waals surface area contributed by atoms with Crippen molar-refractivity contribution in [2.45, 2.75) is 91.5 Å². The third kappa shape index (κ3) is 7.13. The molecular formula is C20H37N3O4. The molecule has 0 bridgehead atoms. The van der Waals surface area contributed by atoms with Crippen LogP contribution in [0.5, 0.6) is 0 Å². The van der Waals surface area contributed by atoms with Crippen LogP contribution in [0.25, 0.3) is 0 Å². The summed E-state index contributed by atoms with van der Waals surface area (Å²) >= 11 is 0. The Kier molecular flexibility index (Phi) is 8.26. The molecule has 27 heavy (non-hydrogen) atoms. The zero-order valence-corrected chi connectivity index (χ0v) is 17.9. The number of rotatable bonds is 7. The van der Waals surface area contributed by atoms with Gasteiger partial charge in [-0.1, -0.05) is 27.7 Å². The maximum Gasteiger partial charge on any atom is 0.329 e. The molecule has 3 atom stereocenters. The normalized spacial score (nSPS) is 19.9. The van der Waals surface area contributed by atoms with E-state index in [9.17, 15) is 14.4 Å². The van der Waals surface area contributed by atoms with Crippen LogP contribution in [0.1, 0.15) is 67.7 Å². The summed E-state index contributed by atoms with van der Waals surface area (Å²) in [6.45, 7) is 13.6. The summed E-state index contributed by atoms with van der Waals surface area (Å²) in [7, 11) is 0. The molecule has 1 heterocycles. The highest BCUT2D eigenvalue weighted by atomic mass is 16.6. The average molecular weight is 384 g/mol. The first-order valence-electron chi connectivity index (χ1n) is 9.92. The van der Waals surface area contributed by atoms with Gasteiger partial charge in [0.2, 0.25) is 11.8 Å². The van der Waals surface area contributed by atoms with E-state index in [1.165, 1.54) is 0 Å². The Morgan fingerprint density at radius 3 is 2.26 bits per heavy atom. The molecule has 0 unspecified atom stereocenters. The Hall–Kier alpha value is -1.63. The van der Waals surface area contributed by atoms with Gasteiger partial charge in [0.15, 0.2) is 0 Å². The summed E-state index contributed by atoms with van der Waals surface area (Å²) in [4.78, 5) is 39.6. The van der Waals surface area contributed by atoms with Crippen LogP contribution in [-0.2, 0) is 19.1 Å². The number of esters is 1. The van der Waals surface area contributed by atoms with Crippen molar-refractivity contribution in [3.8, 4) is 0 Å². The van der Waals surface area contributed by atoms with E-state index in [1.807, 2.05) is 27.7 Å². The van der Waals surface area contributed by atoms with Crippen molar-refractivity contribution in [1.29, 1.82) is 0 Å². The number of carbonyl (C=O) groups is 3. The molecular weight excluding hydrogens is 346 g/mol. The molecule has 0 aromatic heterocycles. The minimum atomic E-state index is -0.690. The number of amides is 2. The van der Waals surface area contributed by atoms with E-state index >= 15 is 0 Å². The van der Waals surface area contributed by atoms with Crippen LogP contribution in [0.2, 0.25) is 0 Å². The minimum Gasteiger partial charge on any atom is -0.458 e. The summed E-state index contributed by atoms with van der Waals surface area (Å²) in [6.07, 6.45) is 1.81. The number of likely N-dealkylation sites (tertiary alicyclic amines) is 1. The standard InChI is InChI=1S/C20H37N3O4/c1-12(2)11-14(22-17(24)16(21)13(3)4)18(25)23-10-8-9-15(23)19(26)27-20(5,6)7/h12-16H,8-11,21H2,1-7H3,(H,22,24)/t14-,15-,16-/m0/s1. The van der Waals surface area contributed by atoms with Crippen LogP contribution in [0, 0.1) is 11.8 Å². The first-order valence-corrected chi connectivity index (χ1v) is 9.92. The predicted molar refractivity (Wildman–Crippen MR) is 105 cm³/mol. The van der Waals surface area contributed by atoms with Crippen molar-refractivity contribution in [1.82, 2.24) is 10.2 Å². The van der Waals surface area contributed by atoms with Gasteiger partial charge in [-0.25, -0.2) is 4.79 Å². The molecule has 1 fully saturated rings. The predicted octanol–water partition coefficient (Wildman–Crippen LogP) is 1.83. The van der Waals surface area contributed by atoms with Gasteiger partial charge in [-0.3, -0.25) is 9.59 Å². The summed E-state index contributed by atoms with van der Waals surface area (Å²) in [5, 5.41) is 2.81. The van der Waals surface area contributed by atoms with Crippen LogP contribution < -0.4 is 11.1 Å². The smallest absolute Gasteiger partial charge is 0.329 e. The number of ether oxygens (including phenoxy) is 1. The van der Waals surface area contributed by atoms with Gasteiger partial charge in [-0.15, -0.1) is 0 Å². The quantitative estimate of drug-likeness (QED) is 0.653. The molecule has 7 nitrogen and oxygen atoms in total. The molecule has 1 aliphatic heterocycles. The highest BCUT2D eigenvalue weighted by molar-refractivity contribution is 5.92. The molecule has 0 aliphatic carbocycles. The molecule has 3 N–H and O–H groups in total. The van der Waals surface area contributed by atoms with E-state index in [-0.39, 0.29) is 29.6 Å². The number of hydrogen-bond donors (Lipinski definition) is 2. The van der Waals surface area contributed by atoms with Crippen molar-refractivity contribution < 1.29 is 19.1 Å². The lowest BCUT2D eigenvalue weighted by atomic mass is 10.00. The second kappa shape index (κ2) is 9.53. The summed E-state index contributed by atoms with van der Waals surface area (Å²) in [6, 6.07) is -1.96. The molecule has 0 radical (unpaired) electrons. The number of nitrogens with zero attached hydrogens (tertiary/aromatic N) is 1. The van der Waals surface area contributed by atoms with E-state index in [0.29, 0.717) is 19.4 Å². The van der Waals surface area contributed by atoms with Crippen molar-refractivity contribution in [2.24, 2.45) is 17.6 Å². The van der Waals surface area contributed by atoms with Crippen LogP contribution in [-0.4, -0.2) is 53.0 Å². The second-order valence-corrected chi connectivity index (χ2v) is 9.18. The van der Waals surface area contributed by atoms with Gasteiger partial charge < -0.3 is 20.7 Å². The molecule has 2 amide bonds. The summed E-state index contributed by atoms with van der Waals surface area (Å²) in [5.74, 6) is -0.779. The lowest BCUT2D eigenvalue weighted by Crippen LogP contribution is -2.56. The number of hydrogen-bond acceptors (Lipinski definition) is 5. The largest absolute Gasteiger partial charge is 0.458 e. The zero-order chi connectivity index (χ0) is 20.9. The molecule has 0 aromatic carbocycles. The Balaban J connectivity index is 2.93. The highest BCUT2D eigenvalue weighted by Gasteiger charge is 2.40. The monoisotopic (exact) mass is 383 g/mol. The molecule has 7 heteroatoms. The third-order valence-corrected chi connectivity index (χ3v) is 4.56. The molecule has 0 saturated carbocycles. The van der Waals surface area contributed by atoms with Gasteiger partial charge in [-0.05, 0) is 51.9 Å². The highest BCUT2D eigenvalue weighted by Crippen LogP contribution is 2.23. The van der Waals surface area contributed by atoms with Crippen molar-refractivity contribution in [3.63, 3.8) is 0 Å². The van der Waals surface area contributed by atoms with Crippen molar-refractivity contribution >= 4 is 17.8 Å². The summed E-state index contributed by atoms with van der Waals surface area (Å²) in [5.41, 5.74) is 5.32. The summed E-state index contributed by atoms with van der Waals surface area (Å²) < 4.78 is 5.47. The van der Waals surface area contributed by atoms with Gasteiger partial charge in [0.1, 0.15) is 17.7 Å². The first-order chi connectivity index (χ1) is 12.3. The number of nitrogens with two attached hydrogens (primary N) is 1. The maximum absolute atomic E-state index is 13.2. The minimum absolute atomic E-state index is 0.0268. The van der Waals surface area contributed by atoms with Crippen LogP contribution in [0.3, 0.4) is 0 Å². The zero-order valence-electron chi connectivity index (χ0n) is 17.9. The van der Waals surface area contributed by atoms with E-state index in [4.69, 9.17) is 10.5 Å². The Labute approximate surface area is 163 Å². The van der Waals surface area contributed by atoms with Gasteiger partial charge in [0, 0.05) is 6.54 Å². The first kappa shape index (κ1) is 23.4. The van der Waals surface area contributed by atoms with Gasteiger partial charge in [-0.2, -0.15) is 0 Å². The van der Waals surface area contributed by atoms with Crippen molar-refractivity contribution in [2.75, 3.05) is 6.54 Å². The van der Waals surface area contributed by atoms with Gasteiger partial charge >= 0.3 is 5.97 Å². The second-order valence-electron chi connectivity index (χ2n) is 9.18. The topological polar surface area (TPSA) is 102 Å². The molecule has 0 aromatic rings. The Morgan fingerprint density at radius 1 is 1.19 bits per heavy atom. The number of carbonyl (C=O) groups excluding carboxylic acids is 3. The fourth-order valence-electron chi connectivity index (χ4n) is 3.11. The van der Waals surface area contributed by atoms with Crippen LogP contribution in [0.4, 0.5) is 0 Å². The fraction of sp³-hybridized carbons (Fsp3) is 0.850. The number of nitrogens with one attached hydrogen (secondary N) is 1. The third-order valence-electron chi connectivity index (χ3n) is 4.56. The van der Waals surface area contributed by atoms with E-state index in [2.05, 4.69) is 5.32 Å². The molecule has 0 spiro atoms.